The summed E-state index contributed by atoms with van der Waals surface area (Å²) in [4.78, 5) is 17.7. The summed E-state index contributed by atoms with van der Waals surface area (Å²) >= 11 is 0. The zero-order valence-corrected chi connectivity index (χ0v) is 20.4. The van der Waals surface area contributed by atoms with Crippen molar-refractivity contribution in [1.29, 1.82) is 0 Å². The molecule has 1 amide bonds. The van der Waals surface area contributed by atoms with Crippen LogP contribution in [0.5, 0.6) is 0 Å². The molecule has 0 atom stereocenters. The van der Waals surface area contributed by atoms with E-state index in [1.807, 2.05) is 30.3 Å². The minimum absolute atomic E-state index is 0. The summed E-state index contributed by atoms with van der Waals surface area (Å²) in [6.45, 7) is -0.160. The van der Waals surface area contributed by atoms with Crippen molar-refractivity contribution in [3.8, 4) is 0 Å². The van der Waals surface area contributed by atoms with Crippen LogP contribution < -0.4 is 10.6 Å². The Kier molecular flexibility index (Phi) is 10.5. The van der Waals surface area contributed by atoms with Gasteiger partial charge in [0, 0.05) is 33.2 Å². The fourth-order valence-corrected chi connectivity index (χ4v) is 3.79. The molecule has 176 valence electrons. The highest BCUT2D eigenvalue weighted by atomic mass is 127. The summed E-state index contributed by atoms with van der Waals surface area (Å²) in [5.74, 6) is 0.168. The van der Waals surface area contributed by atoms with Gasteiger partial charge < -0.3 is 15.5 Å². The van der Waals surface area contributed by atoms with Gasteiger partial charge in [0.2, 0.25) is 5.91 Å². The van der Waals surface area contributed by atoms with Gasteiger partial charge in [-0.15, -0.1) is 24.0 Å². The molecule has 8 nitrogen and oxygen atoms in total. The van der Waals surface area contributed by atoms with Crippen LogP contribution in [0.25, 0.3) is 0 Å². The number of alkyl halides is 3. The number of likely N-dealkylation sites (N-methyl/N-ethyl adjacent to an activating group) is 1. The van der Waals surface area contributed by atoms with Crippen molar-refractivity contribution in [3.05, 3.63) is 35.9 Å². The van der Waals surface area contributed by atoms with Crippen LogP contribution in [-0.2, 0) is 21.4 Å². The maximum absolute atomic E-state index is 12.7. The first-order chi connectivity index (χ1) is 14.0. The lowest BCUT2D eigenvalue weighted by atomic mass is 10.1. The number of rotatable bonds is 6. The van der Waals surface area contributed by atoms with E-state index in [1.165, 1.54) is 4.90 Å². The number of piperidine rings is 1. The SMILES string of the molecule is CN(C)C(=O)CNC(=NCc1ccccc1)NC1CCN(S(=O)(=O)C(F)(F)F)CC1.I. The number of sulfonamides is 1. The van der Waals surface area contributed by atoms with Gasteiger partial charge in [-0.25, -0.2) is 13.4 Å². The lowest BCUT2D eigenvalue weighted by Gasteiger charge is -2.32. The molecule has 0 spiro atoms. The molecule has 1 fully saturated rings. The van der Waals surface area contributed by atoms with E-state index in [9.17, 15) is 26.4 Å². The highest BCUT2D eigenvalue weighted by molar-refractivity contribution is 14.0. The third-order valence-electron chi connectivity index (χ3n) is 4.60. The van der Waals surface area contributed by atoms with Crippen LogP contribution in [0, 0.1) is 0 Å². The van der Waals surface area contributed by atoms with Crippen LogP contribution in [-0.4, -0.2) is 74.8 Å². The molecule has 1 heterocycles. The Morgan fingerprint density at radius 3 is 2.29 bits per heavy atom. The first-order valence-corrected chi connectivity index (χ1v) is 10.8. The number of benzene rings is 1. The van der Waals surface area contributed by atoms with Gasteiger partial charge >= 0.3 is 15.5 Å². The fraction of sp³-hybridized carbons (Fsp3) is 0.556. The number of nitrogens with one attached hydrogen (secondary N) is 2. The normalized spacial score (nSPS) is 16.4. The predicted molar refractivity (Wildman–Crippen MR) is 122 cm³/mol. The standard InChI is InChI=1S/C18H26F3N5O3S.HI/c1-25(2)16(27)13-23-17(22-12-14-6-4-3-5-7-14)24-15-8-10-26(11-9-15)30(28,29)18(19,20)21;/h3-7,15H,8-13H2,1-2H3,(H2,22,23,24);1H. The molecule has 0 radical (unpaired) electrons. The molecule has 1 aromatic carbocycles. The van der Waals surface area contributed by atoms with E-state index in [2.05, 4.69) is 15.6 Å². The minimum atomic E-state index is -5.32. The second-order valence-corrected chi connectivity index (χ2v) is 8.99. The Morgan fingerprint density at radius 2 is 1.77 bits per heavy atom. The van der Waals surface area contributed by atoms with E-state index >= 15 is 0 Å². The number of carbonyl (C=O) groups is 1. The van der Waals surface area contributed by atoms with Crippen molar-refractivity contribution in [2.24, 2.45) is 4.99 Å². The second kappa shape index (κ2) is 11.9. The molecule has 1 aliphatic heterocycles. The Balaban J connectivity index is 0.00000480. The van der Waals surface area contributed by atoms with Gasteiger partial charge in [0.05, 0.1) is 13.1 Å². The van der Waals surface area contributed by atoms with Crippen LogP contribution in [0.15, 0.2) is 35.3 Å². The van der Waals surface area contributed by atoms with Gasteiger partial charge in [0.1, 0.15) is 0 Å². The molecular formula is C18H27F3IN5O3S. The molecule has 0 bridgehead atoms. The maximum Gasteiger partial charge on any atom is 0.511 e. The Bertz CT molecular complexity index is 843. The minimum Gasteiger partial charge on any atom is -0.354 e. The molecule has 13 heteroatoms. The molecule has 1 aromatic rings. The third-order valence-corrected chi connectivity index (χ3v) is 6.23. The van der Waals surface area contributed by atoms with Crippen molar-refractivity contribution in [3.63, 3.8) is 0 Å². The van der Waals surface area contributed by atoms with Crippen molar-refractivity contribution >= 4 is 45.9 Å². The average Bonchev–Trinajstić information content (AvgIpc) is 2.70. The highest BCUT2D eigenvalue weighted by Crippen LogP contribution is 2.28. The molecule has 31 heavy (non-hydrogen) atoms. The molecule has 1 saturated heterocycles. The van der Waals surface area contributed by atoms with Gasteiger partial charge in [0.15, 0.2) is 5.96 Å². The van der Waals surface area contributed by atoms with Crippen LogP contribution in [0.1, 0.15) is 18.4 Å². The Labute approximate surface area is 197 Å². The quantitative estimate of drug-likeness (QED) is 0.306. The first-order valence-electron chi connectivity index (χ1n) is 9.36. The lowest BCUT2D eigenvalue weighted by molar-refractivity contribution is -0.127. The molecule has 0 saturated carbocycles. The summed E-state index contributed by atoms with van der Waals surface area (Å²) in [6.07, 6.45) is 0.367. The highest BCUT2D eigenvalue weighted by Gasteiger charge is 2.50. The van der Waals surface area contributed by atoms with Crippen molar-refractivity contribution in [1.82, 2.24) is 19.8 Å². The van der Waals surface area contributed by atoms with E-state index in [-0.39, 0.29) is 68.4 Å². The summed E-state index contributed by atoms with van der Waals surface area (Å²) in [5, 5.41) is 6.02. The number of guanidine groups is 1. The van der Waals surface area contributed by atoms with E-state index in [0.29, 0.717) is 16.8 Å². The van der Waals surface area contributed by atoms with Crippen molar-refractivity contribution in [2.45, 2.75) is 30.9 Å². The zero-order chi connectivity index (χ0) is 22.4. The second-order valence-electron chi connectivity index (χ2n) is 7.06. The number of aliphatic imine (C=N–C) groups is 1. The topological polar surface area (TPSA) is 94.1 Å². The van der Waals surface area contributed by atoms with Gasteiger partial charge in [-0.05, 0) is 18.4 Å². The van der Waals surface area contributed by atoms with Crippen LogP contribution >= 0.6 is 24.0 Å². The third kappa shape index (κ3) is 8.11. The van der Waals surface area contributed by atoms with Crippen molar-refractivity contribution in [2.75, 3.05) is 33.7 Å². The van der Waals surface area contributed by atoms with Crippen LogP contribution in [0.4, 0.5) is 13.2 Å². The lowest BCUT2D eigenvalue weighted by Crippen LogP contribution is -2.52. The first kappa shape index (κ1) is 27.4. The summed E-state index contributed by atoms with van der Waals surface area (Å²) < 4.78 is 61.7. The molecule has 0 aromatic heterocycles. The number of halogens is 4. The van der Waals surface area contributed by atoms with E-state index in [1.54, 1.807) is 14.1 Å². The van der Waals surface area contributed by atoms with E-state index in [0.717, 1.165) is 5.56 Å². The number of hydrogen-bond donors (Lipinski definition) is 2. The molecule has 0 aliphatic carbocycles. The molecular weight excluding hydrogens is 550 g/mol. The summed E-state index contributed by atoms with van der Waals surface area (Å²) in [7, 11) is -2.08. The van der Waals surface area contributed by atoms with Gasteiger partial charge in [-0.3, -0.25) is 4.79 Å². The Hall–Kier alpha value is -1.61. The van der Waals surface area contributed by atoms with Crippen molar-refractivity contribution < 1.29 is 26.4 Å². The molecule has 2 N–H and O–H groups in total. The molecule has 0 unspecified atom stereocenters. The fourth-order valence-electron chi connectivity index (χ4n) is 2.80. The smallest absolute Gasteiger partial charge is 0.354 e. The van der Waals surface area contributed by atoms with Crippen LogP contribution in [0.2, 0.25) is 0 Å². The van der Waals surface area contributed by atoms with E-state index < -0.39 is 15.5 Å². The number of amides is 1. The zero-order valence-electron chi connectivity index (χ0n) is 17.2. The van der Waals surface area contributed by atoms with Gasteiger partial charge in [-0.2, -0.15) is 17.5 Å². The Morgan fingerprint density at radius 1 is 1.19 bits per heavy atom. The number of hydrogen-bond acceptors (Lipinski definition) is 4. The van der Waals surface area contributed by atoms with Gasteiger partial charge in [0.25, 0.3) is 0 Å². The maximum atomic E-state index is 12.7. The predicted octanol–water partition coefficient (Wildman–Crippen LogP) is 1.74. The molecule has 1 aliphatic rings. The average molecular weight is 577 g/mol. The summed E-state index contributed by atoms with van der Waals surface area (Å²) in [5.41, 5.74) is -4.35. The van der Waals surface area contributed by atoms with Crippen LogP contribution in [0.3, 0.4) is 0 Å². The summed E-state index contributed by atoms with van der Waals surface area (Å²) in [6, 6.07) is 9.14. The number of carbonyl (C=O) groups excluding carboxylic acids is 1. The number of nitrogens with zero attached hydrogens (tertiary/aromatic N) is 3. The molecule has 2 rings (SSSR count). The monoisotopic (exact) mass is 577 g/mol. The van der Waals surface area contributed by atoms with Gasteiger partial charge in [-0.1, -0.05) is 30.3 Å². The van der Waals surface area contributed by atoms with E-state index in [4.69, 9.17) is 0 Å². The largest absolute Gasteiger partial charge is 0.511 e.